The van der Waals surface area contributed by atoms with Crippen LogP contribution in [0.2, 0.25) is 5.22 Å². The van der Waals surface area contributed by atoms with Crippen LogP contribution in [0.4, 0.5) is 0 Å². The van der Waals surface area contributed by atoms with Gasteiger partial charge in [0.1, 0.15) is 12.4 Å². The van der Waals surface area contributed by atoms with Gasteiger partial charge in [-0.05, 0) is 36.6 Å². The van der Waals surface area contributed by atoms with E-state index in [0.29, 0.717) is 17.8 Å². The number of nitrogens with zero attached hydrogens (tertiary/aromatic N) is 1. The smallest absolute Gasteiger partial charge is 0.248 e. The number of nitrogens with one attached hydrogen (secondary N) is 1. The number of amides is 1. The minimum absolute atomic E-state index is 0.0683. The maximum atomic E-state index is 11.6. The van der Waals surface area contributed by atoms with Crippen molar-refractivity contribution in [3.63, 3.8) is 0 Å². The van der Waals surface area contributed by atoms with Crippen LogP contribution in [0, 0.1) is 0 Å². The molecule has 0 atom stereocenters. The Kier molecular flexibility index (Phi) is 5.24. The molecule has 0 spiro atoms. The van der Waals surface area contributed by atoms with Crippen molar-refractivity contribution in [3.05, 3.63) is 23.1 Å². The van der Waals surface area contributed by atoms with E-state index in [4.69, 9.17) is 20.8 Å². The van der Waals surface area contributed by atoms with E-state index in [1.54, 1.807) is 13.2 Å². The number of ether oxygens (including phenoxy) is 1. The molecule has 106 valence electrons. The summed E-state index contributed by atoms with van der Waals surface area (Å²) in [6.45, 7) is 2.39. The van der Waals surface area contributed by atoms with Crippen molar-refractivity contribution < 1.29 is 13.9 Å². The molecule has 0 aliphatic carbocycles. The topological polar surface area (TPSA) is 54.7 Å². The van der Waals surface area contributed by atoms with Gasteiger partial charge in [-0.1, -0.05) is 0 Å². The quantitative estimate of drug-likeness (QED) is 0.894. The molecule has 19 heavy (non-hydrogen) atoms. The Balaban J connectivity index is 1.70. The summed E-state index contributed by atoms with van der Waals surface area (Å²) in [7, 11) is 1.54. The van der Waals surface area contributed by atoms with Crippen molar-refractivity contribution in [2.45, 2.75) is 25.4 Å². The third kappa shape index (κ3) is 4.23. The van der Waals surface area contributed by atoms with Crippen molar-refractivity contribution in [1.29, 1.82) is 0 Å². The number of carbonyl (C=O) groups excluding carboxylic acids is 1. The lowest BCUT2D eigenvalue weighted by Gasteiger charge is -2.32. The number of furan rings is 1. The molecule has 0 bridgehead atoms. The zero-order valence-electron chi connectivity index (χ0n) is 11.0. The Morgan fingerprint density at radius 3 is 2.84 bits per heavy atom. The first-order valence-electron chi connectivity index (χ1n) is 6.43. The molecule has 0 radical (unpaired) electrons. The molecular weight excluding hydrogens is 268 g/mol. The molecule has 1 aromatic heterocycles. The molecule has 2 rings (SSSR count). The normalized spacial score (nSPS) is 16.8. The van der Waals surface area contributed by atoms with Gasteiger partial charge in [-0.15, -0.1) is 0 Å². The minimum atomic E-state index is 0.0683. The van der Waals surface area contributed by atoms with E-state index in [9.17, 15) is 4.79 Å². The number of halogens is 1. The molecule has 1 fully saturated rings. The number of piperidine rings is 1. The van der Waals surface area contributed by atoms with Crippen molar-refractivity contribution in [1.82, 2.24) is 10.2 Å². The zero-order valence-corrected chi connectivity index (χ0v) is 11.8. The molecule has 0 unspecified atom stereocenters. The van der Waals surface area contributed by atoms with Crippen LogP contribution in [0.3, 0.4) is 0 Å². The van der Waals surface area contributed by atoms with Crippen LogP contribution < -0.4 is 5.32 Å². The predicted molar refractivity (Wildman–Crippen MR) is 72.0 cm³/mol. The van der Waals surface area contributed by atoms with Crippen molar-refractivity contribution in [2.24, 2.45) is 0 Å². The summed E-state index contributed by atoms with van der Waals surface area (Å²) in [4.78, 5) is 13.5. The Morgan fingerprint density at radius 2 is 2.26 bits per heavy atom. The fraction of sp³-hybridized carbons (Fsp3) is 0.615. The summed E-state index contributed by atoms with van der Waals surface area (Å²) in [5.74, 6) is 0.904. The average molecular weight is 287 g/mol. The summed E-state index contributed by atoms with van der Waals surface area (Å²) in [5.41, 5.74) is 0. The first-order valence-corrected chi connectivity index (χ1v) is 6.81. The number of likely N-dealkylation sites (tertiary alicyclic amines) is 1. The second kappa shape index (κ2) is 6.93. The van der Waals surface area contributed by atoms with Crippen molar-refractivity contribution in [2.75, 3.05) is 26.8 Å². The van der Waals surface area contributed by atoms with E-state index < -0.39 is 0 Å². The Labute approximate surface area is 117 Å². The van der Waals surface area contributed by atoms with Crippen LogP contribution in [0.15, 0.2) is 16.5 Å². The first-order chi connectivity index (χ1) is 9.19. The maximum Gasteiger partial charge on any atom is 0.248 e. The predicted octanol–water partition coefficient (Wildman–Crippen LogP) is 1.66. The average Bonchev–Trinajstić information content (AvgIpc) is 2.83. The maximum absolute atomic E-state index is 11.6. The molecule has 5 nitrogen and oxygen atoms in total. The van der Waals surface area contributed by atoms with Gasteiger partial charge < -0.3 is 19.4 Å². The van der Waals surface area contributed by atoms with Gasteiger partial charge in [0, 0.05) is 26.2 Å². The van der Waals surface area contributed by atoms with Crippen LogP contribution in [-0.2, 0) is 16.1 Å². The van der Waals surface area contributed by atoms with Crippen LogP contribution in [0.25, 0.3) is 0 Å². The monoisotopic (exact) mass is 286 g/mol. The third-order valence-corrected chi connectivity index (χ3v) is 3.51. The Morgan fingerprint density at radius 1 is 1.53 bits per heavy atom. The van der Waals surface area contributed by atoms with E-state index in [0.717, 1.165) is 31.7 Å². The lowest BCUT2D eigenvalue weighted by atomic mass is 10.0. The largest absolute Gasteiger partial charge is 0.448 e. The molecule has 1 N–H and O–H groups in total. The van der Waals surface area contributed by atoms with Crippen LogP contribution in [0.1, 0.15) is 18.6 Å². The van der Waals surface area contributed by atoms with E-state index in [2.05, 4.69) is 5.32 Å². The van der Waals surface area contributed by atoms with E-state index in [-0.39, 0.29) is 12.5 Å². The second-order valence-electron chi connectivity index (χ2n) is 4.67. The summed E-state index contributed by atoms with van der Waals surface area (Å²) >= 11 is 5.72. The molecule has 1 saturated heterocycles. The van der Waals surface area contributed by atoms with Crippen LogP contribution in [-0.4, -0.2) is 43.7 Å². The number of methoxy groups -OCH3 is 1. The lowest BCUT2D eigenvalue weighted by Crippen LogP contribution is -2.45. The highest BCUT2D eigenvalue weighted by Gasteiger charge is 2.22. The summed E-state index contributed by atoms with van der Waals surface area (Å²) in [6, 6.07) is 4.02. The van der Waals surface area contributed by atoms with Crippen molar-refractivity contribution in [3.8, 4) is 0 Å². The Bertz CT molecular complexity index is 414. The highest BCUT2D eigenvalue weighted by atomic mass is 35.5. The molecule has 0 aromatic carbocycles. The van der Waals surface area contributed by atoms with Gasteiger partial charge in [0.25, 0.3) is 0 Å². The lowest BCUT2D eigenvalue weighted by molar-refractivity contribution is -0.136. The van der Waals surface area contributed by atoms with E-state index in [1.165, 1.54) is 0 Å². The number of rotatable bonds is 5. The highest BCUT2D eigenvalue weighted by Crippen LogP contribution is 2.15. The molecular formula is C13H19ClN2O3. The molecule has 6 heteroatoms. The van der Waals surface area contributed by atoms with Gasteiger partial charge in [0.05, 0.1) is 6.54 Å². The number of hydrogen-bond acceptors (Lipinski definition) is 4. The summed E-state index contributed by atoms with van der Waals surface area (Å²) in [6.07, 6.45) is 1.90. The summed E-state index contributed by atoms with van der Waals surface area (Å²) in [5, 5.41) is 3.83. The van der Waals surface area contributed by atoms with Gasteiger partial charge in [-0.25, -0.2) is 0 Å². The summed E-state index contributed by atoms with van der Waals surface area (Å²) < 4.78 is 10.1. The first kappa shape index (κ1) is 14.4. The third-order valence-electron chi connectivity index (χ3n) is 3.31. The fourth-order valence-corrected chi connectivity index (χ4v) is 2.40. The molecule has 1 aliphatic rings. The molecule has 1 aliphatic heterocycles. The van der Waals surface area contributed by atoms with Crippen LogP contribution >= 0.6 is 11.6 Å². The zero-order chi connectivity index (χ0) is 13.7. The van der Waals surface area contributed by atoms with Gasteiger partial charge in [-0.3, -0.25) is 4.79 Å². The minimum Gasteiger partial charge on any atom is -0.448 e. The number of hydrogen-bond donors (Lipinski definition) is 1. The second-order valence-corrected chi connectivity index (χ2v) is 5.05. The molecule has 0 saturated carbocycles. The van der Waals surface area contributed by atoms with Gasteiger partial charge in [0.2, 0.25) is 5.91 Å². The van der Waals surface area contributed by atoms with Crippen LogP contribution in [0.5, 0.6) is 0 Å². The van der Waals surface area contributed by atoms with E-state index >= 15 is 0 Å². The SMILES string of the molecule is COCC(=O)N1CCC(NCc2ccc(Cl)o2)CC1. The van der Waals surface area contributed by atoms with E-state index in [1.807, 2.05) is 11.0 Å². The van der Waals surface area contributed by atoms with Gasteiger partial charge in [-0.2, -0.15) is 0 Å². The molecule has 1 aromatic rings. The number of carbonyl (C=O) groups is 1. The molecule has 1 amide bonds. The van der Waals surface area contributed by atoms with Crippen molar-refractivity contribution >= 4 is 17.5 Å². The highest BCUT2D eigenvalue weighted by molar-refractivity contribution is 6.28. The fourth-order valence-electron chi connectivity index (χ4n) is 2.24. The van der Waals surface area contributed by atoms with Gasteiger partial charge >= 0.3 is 0 Å². The Hall–Kier alpha value is -1.04. The van der Waals surface area contributed by atoms with Gasteiger partial charge in [0.15, 0.2) is 5.22 Å². The molecule has 2 heterocycles. The standard InChI is InChI=1S/C13H19ClN2O3/c1-18-9-13(17)16-6-4-10(5-7-16)15-8-11-2-3-12(14)19-11/h2-3,10,15H,4-9H2,1H3.